The summed E-state index contributed by atoms with van der Waals surface area (Å²) in [5.41, 5.74) is 2.61. The van der Waals surface area contributed by atoms with Gasteiger partial charge in [-0.2, -0.15) is 0 Å². The molecule has 0 aliphatic rings. The van der Waals surface area contributed by atoms with E-state index >= 15 is 0 Å². The van der Waals surface area contributed by atoms with Gasteiger partial charge in [0.2, 0.25) is 5.91 Å². The number of amides is 1. The predicted molar refractivity (Wildman–Crippen MR) is 55.8 cm³/mol. The van der Waals surface area contributed by atoms with E-state index in [0.717, 1.165) is 12.1 Å². The van der Waals surface area contributed by atoms with Crippen LogP contribution >= 0.6 is 11.6 Å². The van der Waals surface area contributed by atoms with Gasteiger partial charge in [0.15, 0.2) is 0 Å². The van der Waals surface area contributed by atoms with Crippen molar-refractivity contribution in [2.75, 3.05) is 19.6 Å². The third kappa shape index (κ3) is 7.81. The Bertz CT molecular complexity index is 180. The molecule has 4 heteroatoms. The molecule has 0 aromatic heterocycles. The van der Waals surface area contributed by atoms with E-state index in [4.69, 9.17) is 11.6 Å². The lowest BCUT2D eigenvalue weighted by Gasteiger charge is -2.04. The number of hydrogen-bond donors (Lipinski definition) is 2. The summed E-state index contributed by atoms with van der Waals surface area (Å²) in [6.45, 7) is 5.97. The fourth-order valence-corrected chi connectivity index (χ4v) is 0.889. The number of hydrogen-bond acceptors (Lipinski definition) is 2. The molecule has 0 atom stereocenters. The summed E-state index contributed by atoms with van der Waals surface area (Å²) < 4.78 is 0. The molecule has 0 heterocycles. The molecule has 3 nitrogen and oxygen atoms in total. The molecule has 0 bridgehead atoms. The second-order valence-corrected chi connectivity index (χ2v) is 3.05. The van der Waals surface area contributed by atoms with Crippen molar-refractivity contribution < 1.29 is 4.79 Å². The van der Waals surface area contributed by atoms with Crippen LogP contribution in [0, 0.1) is 0 Å². The molecule has 76 valence electrons. The van der Waals surface area contributed by atoms with Gasteiger partial charge in [0, 0.05) is 31.6 Å². The summed E-state index contributed by atoms with van der Waals surface area (Å²) >= 11 is 5.46. The van der Waals surface area contributed by atoms with Gasteiger partial charge in [-0.3, -0.25) is 4.79 Å². The van der Waals surface area contributed by atoms with Gasteiger partial charge in [0.05, 0.1) is 0 Å². The van der Waals surface area contributed by atoms with E-state index in [9.17, 15) is 4.79 Å². The fraction of sp³-hybridized carbons (Fsp3) is 0.667. The molecule has 0 aliphatic heterocycles. The maximum absolute atomic E-state index is 11.0. The minimum absolute atomic E-state index is 0.0857. The highest BCUT2D eigenvalue weighted by Crippen LogP contribution is 1.91. The molecular formula is C9H17ClN2O. The number of nitrogens with one attached hydrogen (secondary N) is 2. The molecule has 0 fully saturated rings. The third-order valence-electron chi connectivity index (χ3n) is 1.49. The number of carbonyl (C=O) groups excluding carboxylic acids is 1. The standard InChI is InChI=1S/C9H17ClN2O/c1-3-12-9(13)4-5-11-7-8(2)6-10/h6,11H,3-5,7H2,1-2H3,(H,12,13). The average Bonchev–Trinajstić information content (AvgIpc) is 2.12. The number of halogens is 1. The van der Waals surface area contributed by atoms with Crippen LogP contribution in [0.5, 0.6) is 0 Å². The molecule has 2 N–H and O–H groups in total. The Morgan fingerprint density at radius 3 is 2.77 bits per heavy atom. The molecule has 0 rings (SSSR count). The van der Waals surface area contributed by atoms with Crippen LogP contribution in [0.15, 0.2) is 11.1 Å². The Kier molecular flexibility index (Phi) is 7.74. The van der Waals surface area contributed by atoms with Gasteiger partial charge in [-0.25, -0.2) is 0 Å². The maximum Gasteiger partial charge on any atom is 0.221 e. The molecule has 0 aromatic rings. The van der Waals surface area contributed by atoms with Gasteiger partial charge >= 0.3 is 0 Å². The van der Waals surface area contributed by atoms with E-state index in [1.807, 2.05) is 13.8 Å². The zero-order valence-corrected chi connectivity index (χ0v) is 8.95. The lowest BCUT2D eigenvalue weighted by atomic mass is 10.3. The minimum atomic E-state index is 0.0857. The lowest BCUT2D eigenvalue weighted by molar-refractivity contribution is -0.120. The second-order valence-electron chi connectivity index (χ2n) is 2.84. The van der Waals surface area contributed by atoms with Crippen LogP contribution in [0.4, 0.5) is 0 Å². The average molecular weight is 205 g/mol. The van der Waals surface area contributed by atoms with E-state index in [2.05, 4.69) is 10.6 Å². The summed E-state index contributed by atoms with van der Waals surface area (Å²) in [5.74, 6) is 0.0857. The molecule has 13 heavy (non-hydrogen) atoms. The van der Waals surface area contributed by atoms with Crippen LogP contribution in [-0.2, 0) is 4.79 Å². The fourth-order valence-electron chi connectivity index (χ4n) is 0.812. The zero-order valence-electron chi connectivity index (χ0n) is 8.19. The Morgan fingerprint density at radius 2 is 2.23 bits per heavy atom. The molecule has 0 radical (unpaired) electrons. The van der Waals surface area contributed by atoms with E-state index in [1.54, 1.807) is 5.54 Å². The van der Waals surface area contributed by atoms with Crippen molar-refractivity contribution in [2.24, 2.45) is 0 Å². The quantitative estimate of drug-likeness (QED) is 0.640. The summed E-state index contributed by atoms with van der Waals surface area (Å²) in [6, 6.07) is 0. The van der Waals surface area contributed by atoms with E-state index in [1.165, 1.54) is 0 Å². The first kappa shape index (κ1) is 12.5. The monoisotopic (exact) mass is 204 g/mol. The van der Waals surface area contributed by atoms with Crippen molar-refractivity contribution in [2.45, 2.75) is 20.3 Å². The number of rotatable bonds is 6. The highest BCUT2D eigenvalue weighted by Gasteiger charge is 1.97. The van der Waals surface area contributed by atoms with Crippen molar-refractivity contribution in [1.29, 1.82) is 0 Å². The molecule has 0 saturated carbocycles. The summed E-state index contributed by atoms with van der Waals surface area (Å²) in [7, 11) is 0. The van der Waals surface area contributed by atoms with Crippen LogP contribution in [0.2, 0.25) is 0 Å². The van der Waals surface area contributed by atoms with Gasteiger partial charge in [0.25, 0.3) is 0 Å². The lowest BCUT2D eigenvalue weighted by Crippen LogP contribution is -2.27. The SMILES string of the molecule is CCNC(=O)CCNCC(C)=CCl. The van der Waals surface area contributed by atoms with Crippen LogP contribution in [0.3, 0.4) is 0 Å². The second kappa shape index (κ2) is 8.08. The van der Waals surface area contributed by atoms with E-state index < -0.39 is 0 Å². The van der Waals surface area contributed by atoms with Crippen molar-refractivity contribution in [3.63, 3.8) is 0 Å². The smallest absolute Gasteiger partial charge is 0.221 e. The third-order valence-corrected chi connectivity index (χ3v) is 1.87. The largest absolute Gasteiger partial charge is 0.356 e. The van der Waals surface area contributed by atoms with Crippen molar-refractivity contribution in [1.82, 2.24) is 10.6 Å². The van der Waals surface area contributed by atoms with Gasteiger partial charge in [-0.05, 0) is 19.4 Å². The van der Waals surface area contributed by atoms with Crippen LogP contribution < -0.4 is 10.6 Å². The first-order valence-electron chi connectivity index (χ1n) is 4.44. The molecule has 0 saturated heterocycles. The van der Waals surface area contributed by atoms with Crippen molar-refractivity contribution in [3.05, 3.63) is 11.1 Å². The Morgan fingerprint density at radius 1 is 1.54 bits per heavy atom. The van der Waals surface area contributed by atoms with Crippen LogP contribution in [0.25, 0.3) is 0 Å². The topological polar surface area (TPSA) is 41.1 Å². The van der Waals surface area contributed by atoms with Crippen LogP contribution in [-0.4, -0.2) is 25.5 Å². The minimum Gasteiger partial charge on any atom is -0.356 e. The highest BCUT2D eigenvalue weighted by molar-refractivity contribution is 6.25. The Balaban J connectivity index is 3.30. The molecule has 0 aromatic carbocycles. The van der Waals surface area contributed by atoms with Crippen molar-refractivity contribution in [3.8, 4) is 0 Å². The van der Waals surface area contributed by atoms with Crippen LogP contribution in [0.1, 0.15) is 20.3 Å². The van der Waals surface area contributed by atoms with Crippen molar-refractivity contribution >= 4 is 17.5 Å². The maximum atomic E-state index is 11.0. The zero-order chi connectivity index (χ0) is 10.1. The normalized spacial score (nSPS) is 11.5. The predicted octanol–water partition coefficient (Wildman–Crippen LogP) is 1.24. The summed E-state index contributed by atoms with van der Waals surface area (Å²) in [6.07, 6.45) is 0.517. The molecular weight excluding hydrogens is 188 g/mol. The van der Waals surface area contributed by atoms with Gasteiger partial charge < -0.3 is 10.6 Å². The first-order chi connectivity index (χ1) is 6.20. The summed E-state index contributed by atoms with van der Waals surface area (Å²) in [4.78, 5) is 11.0. The van der Waals surface area contributed by atoms with Gasteiger partial charge in [-0.1, -0.05) is 11.6 Å². The molecule has 0 unspecified atom stereocenters. The number of carbonyl (C=O) groups is 1. The Hall–Kier alpha value is -0.540. The van der Waals surface area contributed by atoms with E-state index in [-0.39, 0.29) is 5.91 Å². The van der Waals surface area contributed by atoms with Gasteiger partial charge in [0.1, 0.15) is 0 Å². The molecule has 0 aliphatic carbocycles. The highest BCUT2D eigenvalue weighted by atomic mass is 35.5. The molecule has 0 spiro atoms. The molecule has 1 amide bonds. The van der Waals surface area contributed by atoms with Gasteiger partial charge in [-0.15, -0.1) is 0 Å². The Labute approximate surface area is 84.5 Å². The first-order valence-corrected chi connectivity index (χ1v) is 4.87. The van der Waals surface area contributed by atoms with E-state index in [0.29, 0.717) is 19.5 Å². The summed E-state index contributed by atoms with van der Waals surface area (Å²) in [5, 5.41) is 5.84.